The fourth-order valence-electron chi connectivity index (χ4n) is 3.05. The van der Waals surface area contributed by atoms with Gasteiger partial charge in [0, 0.05) is 5.56 Å². The lowest BCUT2D eigenvalue weighted by atomic mass is 9.88. The molecule has 0 amide bonds. The van der Waals surface area contributed by atoms with Gasteiger partial charge in [-0.1, -0.05) is 30.3 Å². The molecule has 0 fully saturated rings. The first-order chi connectivity index (χ1) is 11.3. The molecule has 23 heavy (non-hydrogen) atoms. The summed E-state index contributed by atoms with van der Waals surface area (Å²) >= 11 is 0. The van der Waals surface area contributed by atoms with Crippen molar-refractivity contribution in [2.75, 3.05) is 7.11 Å². The van der Waals surface area contributed by atoms with Crippen LogP contribution < -0.4 is 4.74 Å². The predicted octanol–water partition coefficient (Wildman–Crippen LogP) is 4.84. The number of fused-ring (bicyclic) bond motifs is 1. The number of nitrogens with zero attached hydrogens (tertiary/aromatic N) is 1. The van der Waals surface area contributed by atoms with Gasteiger partial charge in [-0.2, -0.15) is 0 Å². The summed E-state index contributed by atoms with van der Waals surface area (Å²) < 4.78 is 10.7. The highest BCUT2D eigenvalue weighted by molar-refractivity contribution is 5.85. The molecule has 0 saturated carbocycles. The van der Waals surface area contributed by atoms with E-state index in [1.807, 2.05) is 12.1 Å². The van der Waals surface area contributed by atoms with Crippen LogP contribution in [0.3, 0.4) is 0 Å². The first kappa shape index (κ1) is 13.8. The summed E-state index contributed by atoms with van der Waals surface area (Å²) in [6.45, 7) is 0. The van der Waals surface area contributed by atoms with Gasteiger partial charge in [-0.3, -0.25) is 0 Å². The van der Waals surface area contributed by atoms with E-state index in [0.717, 1.165) is 29.9 Å². The topological polar surface area (TPSA) is 35.3 Å². The molecular formula is C20H17NO2. The van der Waals surface area contributed by atoms with Crippen molar-refractivity contribution in [3.63, 3.8) is 0 Å². The van der Waals surface area contributed by atoms with Gasteiger partial charge in [0.05, 0.1) is 13.3 Å². The Morgan fingerprint density at radius 1 is 1.04 bits per heavy atom. The largest absolute Gasteiger partial charge is 0.497 e. The zero-order chi connectivity index (χ0) is 15.6. The van der Waals surface area contributed by atoms with Crippen molar-refractivity contribution in [1.82, 2.24) is 4.98 Å². The molecule has 3 heteroatoms. The smallest absolute Gasteiger partial charge is 0.181 e. The Morgan fingerprint density at radius 2 is 1.96 bits per heavy atom. The predicted molar refractivity (Wildman–Crippen MR) is 91.1 cm³/mol. The molecule has 4 rings (SSSR count). The molecule has 114 valence electrons. The summed E-state index contributed by atoms with van der Waals surface area (Å²) in [5, 5.41) is 0. The molecule has 2 aromatic carbocycles. The van der Waals surface area contributed by atoms with Crippen molar-refractivity contribution in [3.8, 4) is 17.1 Å². The van der Waals surface area contributed by atoms with E-state index in [9.17, 15) is 0 Å². The van der Waals surface area contributed by atoms with Gasteiger partial charge >= 0.3 is 0 Å². The van der Waals surface area contributed by atoms with Gasteiger partial charge in [0.15, 0.2) is 12.2 Å². The Morgan fingerprint density at radius 3 is 2.78 bits per heavy atom. The zero-order valence-electron chi connectivity index (χ0n) is 13.0. The van der Waals surface area contributed by atoms with Crippen molar-refractivity contribution in [2.45, 2.75) is 12.8 Å². The molecule has 0 radical (unpaired) electrons. The number of allylic oxidation sites excluding steroid dienone is 1. The van der Waals surface area contributed by atoms with Crippen LogP contribution in [0.15, 0.2) is 59.5 Å². The van der Waals surface area contributed by atoms with Crippen LogP contribution in [0, 0.1) is 0 Å². The maximum absolute atomic E-state index is 5.40. The molecule has 3 aromatic rings. The van der Waals surface area contributed by atoms with Crippen molar-refractivity contribution in [3.05, 3.63) is 71.7 Å². The van der Waals surface area contributed by atoms with Crippen LogP contribution in [-0.2, 0) is 6.42 Å². The second-order valence-corrected chi connectivity index (χ2v) is 5.68. The molecule has 0 N–H and O–H groups in total. The molecule has 0 bridgehead atoms. The molecule has 1 aromatic heterocycles. The fourth-order valence-corrected chi connectivity index (χ4v) is 3.05. The average Bonchev–Trinajstić information content (AvgIpc) is 3.15. The molecule has 1 aliphatic carbocycles. The Labute approximate surface area is 135 Å². The van der Waals surface area contributed by atoms with Crippen LogP contribution in [0.4, 0.5) is 0 Å². The molecular weight excluding hydrogens is 286 g/mol. The molecule has 1 aliphatic rings. The molecule has 0 aliphatic heterocycles. The highest BCUT2D eigenvalue weighted by atomic mass is 16.5. The first-order valence-electron chi connectivity index (χ1n) is 7.70. The van der Waals surface area contributed by atoms with Crippen LogP contribution in [0.2, 0.25) is 0 Å². The van der Waals surface area contributed by atoms with E-state index in [4.69, 9.17) is 9.15 Å². The van der Waals surface area contributed by atoms with Gasteiger partial charge in [-0.15, -0.1) is 0 Å². The van der Waals surface area contributed by atoms with E-state index in [0.29, 0.717) is 0 Å². The summed E-state index contributed by atoms with van der Waals surface area (Å²) in [5.74, 6) is 1.72. The van der Waals surface area contributed by atoms with Crippen LogP contribution in [-0.4, -0.2) is 12.1 Å². The second kappa shape index (κ2) is 5.76. The Bertz CT molecular complexity index is 863. The third kappa shape index (κ3) is 2.66. The van der Waals surface area contributed by atoms with E-state index in [1.165, 1.54) is 28.7 Å². The van der Waals surface area contributed by atoms with Gasteiger partial charge in [0.25, 0.3) is 0 Å². The van der Waals surface area contributed by atoms with Gasteiger partial charge < -0.3 is 9.15 Å². The number of aryl methyl sites for hydroxylation is 1. The second-order valence-electron chi connectivity index (χ2n) is 5.68. The third-order valence-electron chi connectivity index (χ3n) is 4.29. The number of oxazole rings is 1. The van der Waals surface area contributed by atoms with Crippen molar-refractivity contribution >= 4 is 11.6 Å². The number of rotatable bonds is 3. The monoisotopic (exact) mass is 303 g/mol. The number of ether oxygens (including phenoxy) is 1. The van der Waals surface area contributed by atoms with E-state index in [1.54, 1.807) is 13.3 Å². The number of methoxy groups -OCH3 is 1. The lowest BCUT2D eigenvalue weighted by molar-refractivity contribution is 0.414. The molecule has 0 unspecified atom stereocenters. The molecule has 0 saturated heterocycles. The lowest BCUT2D eigenvalue weighted by Crippen LogP contribution is -2.00. The normalized spacial score (nSPS) is 13.3. The summed E-state index contributed by atoms with van der Waals surface area (Å²) in [4.78, 5) is 3.99. The van der Waals surface area contributed by atoms with Crippen LogP contribution in [0.5, 0.6) is 5.75 Å². The molecule has 3 nitrogen and oxygen atoms in total. The molecule has 0 spiro atoms. The Balaban J connectivity index is 1.71. The highest BCUT2D eigenvalue weighted by Gasteiger charge is 2.13. The molecule has 0 atom stereocenters. The quantitative estimate of drug-likeness (QED) is 0.694. The standard InChI is InChI=1S/C20H17NO2/c1-22-19-8-7-16-9-15(5-6-17(16)11-19)14-3-2-4-18(10-14)20-12-21-13-23-20/h2-4,7-13H,5-6H2,1H3. The maximum atomic E-state index is 5.40. The summed E-state index contributed by atoms with van der Waals surface area (Å²) in [6.07, 6.45) is 7.55. The van der Waals surface area contributed by atoms with Gasteiger partial charge in [0.1, 0.15) is 5.75 Å². The summed E-state index contributed by atoms with van der Waals surface area (Å²) in [5.41, 5.74) is 6.27. The summed E-state index contributed by atoms with van der Waals surface area (Å²) in [7, 11) is 1.71. The van der Waals surface area contributed by atoms with E-state index < -0.39 is 0 Å². The van der Waals surface area contributed by atoms with Crippen LogP contribution in [0.25, 0.3) is 23.0 Å². The average molecular weight is 303 g/mol. The van der Waals surface area contributed by atoms with Gasteiger partial charge in [-0.05, 0) is 53.3 Å². The van der Waals surface area contributed by atoms with Gasteiger partial charge in [0.2, 0.25) is 0 Å². The van der Waals surface area contributed by atoms with E-state index in [-0.39, 0.29) is 0 Å². The first-order valence-corrected chi connectivity index (χ1v) is 7.70. The fraction of sp³-hybridized carbons (Fsp3) is 0.150. The van der Waals surface area contributed by atoms with Crippen molar-refractivity contribution < 1.29 is 9.15 Å². The van der Waals surface area contributed by atoms with Gasteiger partial charge in [-0.25, -0.2) is 4.98 Å². The zero-order valence-corrected chi connectivity index (χ0v) is 13.0. The number of hydrogen-bond acceptors (Lipinski definition) is 3. The van der Waals surface area contributed by atoms with E-state index >= 15 is 0 Å². The van der Waals surface area contributed by atoms with Crippen LogP contribution >= 0.6 is 0 Å². The lowest BCUT2D eigenvalue weighted by Gasteiger charge is -2.18. The Kier molecular flexibility index (Phi) is 3.46. The van der Waals surface area contributed by atoms with Crippen molar-refractivity contribution in [2.24, 2.45) is 0 Å². The minimum atomic E-state index is 0.799. The summed E-state index contributed by atoms with van der Waals surface area (Å²) in [6, 6.07) is 14.7. The third-order valence-corrected chi connectivity index (χ3v) is 4.29. The minimum Gasteiger partial charge on any atom is -0.497 e. The van der Waals surface area contributed by atoms with Crippen molar-refractivity contribution in [1.29, 1.82) is 0 Å². The number of hydrogen-bond donors (Lipinski definition) is 0. The Hall–Kier alpha value is -2.81. The van der Waals surface area contributed by atoms with Crippen LogP contribution in [0.1, 0.15) is 23.1 Å². The maximum Gasteiger partial charge on any atom is 0.181 e. The number of aromatic nitrogens is 1. The number of benzene rings is 2. The highest BCUT2D eigenvalue weighted by Crippen LogP contribution is 2.33. The SMILES string of the molecule is COc1ccc2c(c1)CCC(c1cccc(-c3cnco3)c1)=C2. The minimum absolute atomic E-state index is 0.799. The van der Waals surface area contributed by atoms with E-state index in [2.05, 4.69) is 41.4 Å². The molecule has 1 heterocycles.